The van der Waals surface area contributed by atoms with Crippen molar-refractivity contribution in [3.63, 3.8) is 0 Å². The maximum Gasteiger partial charge on any atom is 0.293 e. The molecule has 18 heavy (non-hydrogen) atoms. The van der Waals surface area contributed by atoms with Gasteiger partial charge in [0, 0.05) is 23.6 Å². The van der Waals surface area contributed by atoms with Crippen molar-refractivity contribution in [1.82, 2.24) is 4.90 Å². The van der Waals surface area contributed by atoms with Gasteiger partial charge < -0.3 is 10.2 Å². The second-order valence-corrected chi connectivity index (χ2v) is 5.31. The van der Waals surface area contributed by atoms with E-state index in [9.17, 15) is 10.1 Å². The molecule has 1 N–H and O–H groups in total. The van der Waals surface area contributed by atoms with Crippen LogP contribution in [-0.2, 0) is 0 Å². The van der Waals surface area contributed by atoms with Crippen molar-refractivity contribution >= 4 is 27.3 Å². The lowest BCUT2D eigenvalue weighted by atomic mass is 10.2. The Morgan fingerprint density at radius 3 is 2.78 bits per heavy atom. The quantitative estimate of drug-likeness (QED) is 0.671. The van der Waals surface area contributed by atoms with Gasteiger partial charge in [-0.1, -0.05) is 15.9 Å². The molecule has 6 heteroatoms. The lowest BCUT2D eigenvalue weighted by Crippen LogP contribution is -2.26. The first kappa shape index (κ1) is 13.3. The number of nitro benzene ring substituents is 1. The maximum absolute atomic E-state index is 10.9. The predicted octanol–water partition coefficient (Wildman–Crippen LogP) is 2.87. The number of hydrogen-bond acceptors (Lipinski definition) is 4. The van der Waals surface area contributed by atoms with Crippen LogP contribution in [0.1, 0.15) is 12.8 Å². The Bertz CT molecular complexity index is 433. The first-order valence-corrected chi connectivity index (χ1v) is 6.86. The smallest absolute Gasteiger partial charge is 0.293 e. The molecule has 0 radical (unpaired) electrons. The van der Waals surface area contributed by atoms with Gasteiger partial charge in [-0.2, -0.15) is 0 Å². The van der Waals surface area contributed by atoms with Crippen LogP contribution in [0.5, 0.6) is 0 Å². The fourth-order valence-electron chi connectivity index (χ4n) is 2.16. The second-order valence-electron chi connectivity index (χ2n) is 4.39. The van der Waals surface area contributed by atoms with Crippen LogP contribution in [-0.4, -0.2) is 36.0 Å². The third-order valence-corrected chi connectivity index (χ3v) is 3.59. The summed E-state index contributed by atoms with van der Waals surface area (Å²) >= 11 is 3.25. The molecule has 1 aromatic carbocycles. The molecule has 98 valence electrons. The number of rotatable bonds is 5. The monoisotopic (exact) mass is 313 g/mol. The van der Waals surface area contributed by atoms with Gasteiger partial charge in [-0.05, 0) is 38.1 Å². The van der Waals surface area contributed by atoms with Crippen LogP contribution in [0.3, 0.4) is 0 Å². The molecule has 1 heterocycles. The highest BCUT2D eigenvalue weighted by Crippen LogP contribution is 2.27. The molecule has 0 aliphatic carbocycles. The van der Waals surface area contributed by atoms with Crippen molar-refractivity contribution in [1.29, 1.82) is 0 Å². The highest BCUT2D eigenvalue weighted by Gasteiger charge is 2.15. The van der Waals surface area contributed by atoms with E-state index in [0.717, 1.165) is 30.7 Å². The van der Waals surface area contributed by atoms with E-state index in [-0.39, 0.29) is 10.6 Å². The van der Waals surface area contributed by atoms with E-state index in [0.29, 0.717) is 5.69 Å². The number of anilines is 1. The average molecular weight is 314 g/mol. The second kappa shape index (κ2) is 6.15. The molecule has 1 aliphatic heterocycles. The topological polar surface area (TPSA) is 58.4 Å². The van der Waals surface area contributed by atoms with Crippen LogP contribution in [0.15, 0.2) is 22.7 Å². The fraction of sp³-hybridized carbons (Fsp3) is 0.500. The molecule has 0 amide bonds. The van der Waals surface area contributed by atoms with Gasteiger partial charge in [0.1, 0.15) is 5.69 Å². The molecule has 5 nitrogen and oxygen atoms in total. The van der Waals surface area contributed by atoms with Crippen LogP contribution < -0.4 is 5.32 Å². The van der Waals surface area contributed by atoms with E-state index in [1.807, 2.05) is 6.07 Å². The lowest BCUT2D eigenvalue weighted by molar-refractivity contribution is -0.384. The van der Waals surface area contributed by atoms with Gasteiger partial charge in [0.05, 0.1) is 4.92 Å². The molecular weight excluding hydrogens is 298 g/mol. The Labute approximate surface area is 114 Å². The van der Waals surface area contributed by atoms with Gasteiger partial charge in [0.25, 0.3) is 5.69 Å². The molecule has 1 aromatic rings. The van der Waals surface area contributed by atoms with E-state index in [4.69, 9.17) is 0 Å². The van der Waals surface area contributed by atoms with Gasteiger partial charge >= 0.3 is 0 Å². The summed E-state index contributed by atoms with van der Waals surface area (Å²) in [5.74, 6) is 0. The first-order chi connectivity index (χ1) is 8.66. The zero-order chi connectivity index (χ0) is 13.0. The minimum absolute atomic E-state index is 0.116. The summed E-state index contributed by atoms with van der Waals surface area (Å²) in [5.41, 5.74) is 0.702. The van der Waals surface area contributed by atoms with Gasteiger partial charge in [-0.25, -0.2) is 0 Å². The Hall–Kier alpha value is -1.14. The number of nitrogens with zero attached hydrogens (tertiary/aromatic N) is 2. The summed E-state index contributed by atoms with van der Waals surface area (Å²) in [7, 11) is 0. The van der Waals surface area contributed by atoms with Crippen molar-refractivity contribution in [3.8, 4) is 0 Å². The highest BCUT2D eigenvalue weighted by molar-refractivity contribution is 9.10. The molecule has 0 aromatic heterocycles. The molecular formula is C12H16BrN3O2. The molecule has 0 unspecified atom stereocenters. The zero-order valence-corrected chi connectivity index (χ0v) is 11.6. The Morgan fingerprint density at radius 1 is 1.39 bits per heavy atom. The number of benzene rings is 1. The largest absolute Gasteiger partial charge is 0.378 e. The first-order valence-electron chi connectivity index (χ1n) is 6.07. The van der Waals surface area contributed by atoms with E-state index >= 15 is 0 Å². The number of nitro groups is 1. The van der Waals surface area contributed by atoms with Crippen molar-refractivity contribution in [2.45, 2.75) is 12.8 Å². The molecule has 0 bridgehead atoms. The number of likely N-dealkylation sites (tertiary alicyclic amines) is 1. The van der Waals surface area contributed by atoms with Crippen molar-refractivity contribution in [2.24, 2.45) is 0 Å². The molecule has 0 spiro atoms. The van der Waals surface area contributed by atoms with Gasteiger partial charge in [0.2, 0.25) is 0 Å². The SMILES string of the molecule is O=[N+]([O-])c1cc(Br)ccc1NCCN1CCCC1. The Kier molecular flexibility index (Phi) is 4.54. The van der Waals surface area contributed by atoms with E-state index < -0.39 is 0 Å². The summed E-state index contributed by atoms with van der Waals surface area (Å²) in [4.78, 5) is 12.9. The van der Waals surface area contributed by atoms with Crippen LogP contribution >= 0.6 is 15.9 Å². The van der Waals surface area contributed by atoms with E-state index in [1.54, 1.807) is 6.07 Å². The van der Waals surface area contributed by atoms with Crippen molar-refractivity contribution in [3.05, 3.63) is 32.8 Å². The van der Waals surface area contributed by atoms with Crippen LogP contribution in [0, 0.1) is 10.1 Å². The number of hydrogen-bond donors (Lipinski definition) is 1. The van der Waals surface area contributed by atoms with E-state index in [1.165, 1.54) is 18.9 Å². The Balaban J connectivity index is 1.93. The summed E-state index contributed by atoms with van der Waals surface area (Å²) in [6.07, 6.45) is 2.52. The van der Waals surface area contributed by atoms with E-state index in [2.05, 4.69) is 26.1 Å². The molecule has 1 saturated heterocycles. The third kappa shape index (κ3) is 3.43. The van der Waals surface area contributed by atoms with Gasteiger partial charge in [-0.3, -0.25) is 10.1 Å². The molecule has 1 fully saturated rings. The lowest BCUT2D eigenvalue weighted by Gasteiger charge is -2.15. The highest BCUT2D eigenvalue weighted by atomic mass is 79.9. The summed E-state index contributed by atoms with van der Waals surface area (Å²) < 4.78 is 0.722. The molecule has 2 rings (SSSR count). The van der Waals surface area contributed by atoms with Gasteiger partial charge in [0.15, 0.2) is 0 Å². The standard InChI is InChI=1S/C12H16BrN3O2/c13-10-3-4-11(12(9-10)16(17)18)14-5-8-15-6-1-2-7-15/h3-4,9,14H,1-2,5-8H2. The normalized spacial score (nSPS) is 15.8. The predicted molar refractivity (Wildman–Crippen MR) is 75.0 cm³/mol. The number of nitrogens with one attached hydrogen (secondary N) is 1. The molecule has 0 saturated carbocycles. The van der Waals surface area contributed by atoms with Crippen molar-refractivity contribution in [2.75, 3.05) is 31.5 Å². The maximum atomic E-state index is 10.9. The van der Waals surface area contributed by atoms with Crippen LogP contribution in [0.2, 0.25) is 0 Å². The van der Waals surface area contributed by atoms with Crippen molar-refractivity contribution < 1.29 is 4.92 Å². The average Bonchev–Trinajstić information content (AvgIpc) is 2.84. The van der Waals surface area contributed by atoms with Gasteiger partial charge in [-0.15, -0.1) is 0 Å². The zero-order valence-electron chi connectivity index (χ0n) is 10.1. The molecule has 1 aliphatic rings. The summed E-state index contributed by atoms with van der Waals surface area (Å²) in [6.45, 7) is 3.96. The Morgan fingerprint density at radius 2 is 2.11 bits per heavy atom. The number of halogens is 1. The molecule has 0 atom stereocenters. The minimum Gasteiger partial charge on any atom is -0.378 e. The fourth-order valence-corrected chi connectivity index (χ4v) is 2.51. The summed E-state index contributed by atoms with van der Waals surface area (Å²) in [5, 5.41) is 14.1. The minimum atomic E-state index is -0.358. The van der Waals surface area contributed by atoms with Crippen LogP contribution in [0.4, 0.5) is 11.4 Å². The van der Waals surface area contributed by atoms with Crippen LogP contribution in [0.25, 0.3) is 0 Å². The summed E-state index contributed by atoms with van der Waals surface area (Å²) in [6, 6.07) is 5.08. The third-order valence-electron chi connectivity index (χ3n) is 3.10.